The molecule has 0 spiro atoms. The fourth-order valence-electron chi connectivity index (χ4n) is 0.0278. The Bertz CT molecular complexity index is 8.00. The van der Waals surface area contributed by atoms with E-state index in [1.165, 1.54) is 0 Å². The van der Waals surface area contributed by atoms with Crippen LogP contribution in [0.15, 0.2) is 0 Å². The SMILES string of the molecule is [Te]1[Te][Te][Te]1. The molecule has 0 saturated carbocycles. The Balaban J connectivity index is 2.00. The predicted molar refractivity (Wildman–Crippen MR) is 23.0 cm³/mol. The molecule has 4 heteroatoms. The average molecular weight is 510 g/mol. The van der Waals surface area contributed by atoms with Crippen LogP contribution in [-0.2, 0) is 0 Å². The van der Waals surface area contributed by atoms with E-state index in [-0.39, 0.29) is 0 Å². The first-order valence-electron chi connectivity index (χ1n) is 0.667. The zero-order valence-corrected chi connectivity index (χ0v) is 11.0. The van der Waals surface area contributed by atoms with Crippen molar-refractivity contribution in [2.45, 2.75) is 0 Å². The predicted octanol–water partition coefficient (Wildman–Crippen LogP) is -1.52. The van der Waals surface area contributed by atoms with Crippen molar-refractivity contribution in [3.63, 3.8) is 0 Å². The molecule has 24 valence electrons. The number of hydrogen-bond acceptors (Lipinski definition) is 0. The van der Waals surface area contributed by atoms with Gasteiger partial charge in [-0.1, -0.05) is 0 Å². The molecule has 0 nitrogen and oxygen atoms in total. The summed E-state index contributed by atoms with van der Waals surface area (Å²) in [5, 5.41) is 0. The van der Waals surface area contributed by atoms with Crippen molar-refractivity contribution < 1.29 is 0 Å². The summed E-state index contributed by atoms with van der Waals surface area (Å²) in [5.41, 5.74) is 0. The van der Waals surface area contributed by atoms with Crippen LogP contribution in [0.1, 0.15) is 0 Å². The van der Waals surface area contributed by atoms with Crippen LogP contribution < -0.4 is 0 Å². The summed E-state index contributed by atoms with van der Waals surface area (Å²) in [6, 6.07) is 0. The number of rotatable bonds is 0. The van der Waals surface area contributed by atoms with Crippen molar-refractivity contribution in [1.82, 2.24) is 0 Å². The van der Waals surface area contributed by atoms with E-state index in [0.29, 0.717) is 0 Å². The first-order chi connectivity index (χ1) is 2.00. The van der Waals surface area contributed by atoms with Gasteiger partial charge in [0.05, 0.1) is 0 Å². The molecule has 0 bridgehead atoms. The fourth-order valence-corrected chi connectivity index (χ4v) is 56.2. The third kappa shape index (κ3) is 1.74. The van der Waals surface area contributed by atoms with Crippen molar-refractivity contribution >= 4 is 52.8 Å². The molecule has 0 aromatic carbocycles. The van der Waals surface area contributed by atoms with Gasteiger partial charge in [0.15, 0.2) is 0 Å². The van der Waals surface area contributed by atoms with Crippen LogP contribution in [0.2, 0.25) is 0 Å². The molecule has 4 heavy (non-hydrogen) atoms. The van der Waals surface area contributed by atoms with E-state index in [9.17, 15) is 0 Å². The normalized spacial score (nSPS) is 24.0. The second-order valence-electron chi connectivity index (χ2n) is 0.272. The Labute approximate surface area is 50.9 Å². The van der Waals surface area contributed by atoms with E-state index < -0.39 is 0 Å². The molecule has 0 aliphatic carbocycles. The Morgan fingerprint density at radius 3 is 0.750 bits per heavy atom. The van der Waals surface area contributed by atoms with Crippen LogP contribution in [0.4, 0.5) is 0 Å². The van der Waals surface area contributed by atoms with Gasteiger partial charge < -0.3 is 0 Å². The summed E-state index contributed by atoms with van der Waals surface area (Å²) in [5.74, 6) is 0. The molecular formula is Te4. The van der Waals surface area contributed by atoms with Crippen molar-refractivity contribution in [1.29, 1.82) is 0 Å². The third-order valence-electron chi connectivity index (χ3n) is 0.111. The molecule has 0 unspecified atom stereocenters. The van der Waals surface area contributed by atoms with Crippen molar-refractivity contribution in [2.75, 3.05) is 0 Å². The molecule has 1 heterocycles. The third-order valence-corrected chi connectivity index (χ3v) is 225. The first-order valence-corrected chi connectivity index (χ1v) is 30.0. The van der Waals surface area contributed by atoms with Gasteiger partial charge in [-0.25, -0.2) is 0 Å². The van der Waals surface area contributed by atoms with Gasteiger partial charge in [-0.2, -0.15) is 0 Å². The Kier molecular flexibility index (Phi) is 4.24. The molecule has 0 aromatic heterocycles. The Morgan fingerprint density at radius 2 is 0.750 bits per heavy atom. The molecular weight excluding hydrogens is 510 g/mol. The summed E-state index contributed by atoms with van der Waals surface area (Å²) in [6.07, 6.45) is 0. The summed E-state index contributed by atoms with van der Waals surface area (Å²) in [6.45, 7) is 0. The van der Waals surface area contributed by atoms with Crippen LogP contribution in [0.5, 0.6) is 0 Å². The van der Waals surface area contributed by atoms with E-state index in [1.54, 1.807) is 0 Å². The van der Waals surface area contributed by atoms with E-state index >= 15 is 0 Å². The molecule has 1 aliphatic rings. The first kappa shape index (κ1) is 5.30. The second kappa shape index (κ2) is 3.20. The Morgan fingerprint density at radius 1 is 0.500 bits per heavy atom. The molecule has 0 aromatic rings. The van der Waals surface area contributed by atoms with Gasteiger partial charge in [-0.15, -0.1) is 0 Å². The summed E-state index contributed by atoms with van der Waals surface area (Å²) in [7, 11) is 0. The Hall–Kier alpha value is 3.16. The van der Waals surface area contributed by atoms with Crippen molar-refractivity contribution in [3.8, 4) is 0 Å². The summed E-state index contributed by atoms with van der Waals surface area (Å²) < 4.78 is 0. The van der Waals surface area contributed by atoms with Crippen LogP contribution in [-0.4, -0.2) is 52.8 Å². The monoisotopic (exact) mass is 520 g/mol. The molecule has 0 amide bonds. The number of hydrogen-bond donors (Lipinski definition) is 0. The molecule has 1 aliphatic heterocycles. The van der Waals surface area contributed by atoms with Gasteiger partial charge in [0, 0.05) is 0 Å². The van der Waals surface area contributed by atoms with Gasteiger partial charge in [-0.3, -0.25) is 0 Å². The minimum absolute atomic E-state index is 0.980. The maximum atomic E-state index is 0.980. The molecule has 0 N–H and O–H groups in total. The van der Waals surface area contributed by atoms with Crippen molar-refractivity contribution in [2.24, 2.45) is 0 Å². The van der Waals surface area contributed by atoms with Gasteiger partial charge in [0.1, 0.15) is 0 Å². The van der Waals surface area contributed by atoms with Crippen LogP contribution >= 0.6 is 0 Å². The summed E-state index contributed by atoms with van der Waals surface area (Å²) >= 11 is 3.92. The van der Waals surface area contributed by atoms with Gasteiger partial charge in [-0.05, 0) is 0 Å². The standard InChI is InChI=1S/Te4/c1-2-4-3-1. The van der Waals surface area contributed by atoms with Gasteiger partial charge >= 0.3 is 52.8 Å². The topological polar surface area (TPSA) is 0 Å². The maximum absolute atomic E-state index is 0.980. The van der Waals surface area contributed by atoms with Crippen molar-refractivity contribution in [3.05, 3.63) is 0 Å². The van der Waals surface area contributed by atoms with E-state index in [2.05, 4.69) is 0 Å². The minimum atomic E-state index is 0.980. The zero-order chi connectivity index (χ0) is 2.83. The van der Waals surface area contributed by atoms with Crippen LogP contribution in [0.3, 0.4) is 0 Å². The molecule has 0 atom stereocenters. The van der Waals surface area contributed by atoms with E-state index in [4.69, 9.17) is 0 Å². The zero-order valence-electron chi connectivity index (χ0n) is 1.63. The molecule has 1 rings (SSSR count). The molecule has 1 saturated heterocycles. The quantitative estimate of drug-likeness (QED) is 0.348. The van der Waals surface area contributed by atoms with E-state index in [0.717, 1.165) is 52.8 Å². The summed E-state index contributed by atoms with van der Waals surface area (Å²) in [4.78, 5) is 0. The molecule has 1 fully saturated rings. The van der Waals surface area contributed by atoms with Gasteiger partial charge in [0.25, 0.3) is 0 Å². The average Bonchev–Trinajstić information content (AvgIpc) is 0.722. The second-order valence-corrected chi connectivity index (χ2v) is 82.2. The van der Waals surface area contributed by atoms with Crippen LogP contribution in [0, 0.1) is 0 Å². The fraction of sp³-hybridized carbons (Fsp3) is 0. The van der Waals surface area contributed by atoms with Gasteiger partial charge in [0.2, 0.25) is 0 Å². The molecule has 0 radical (unpaired) electrons. The van der Waals surface area contributed by atoms with Crippen LogP contribution in [0.25, 0.3) is 0 Å². The van der Waals surface area contributed by atoms with E-state index in [1.807, 2.05) is 0 Å².